The molecule has 4 heteroatoms. The largest absolute Gasteiger partial charge is 0.497 e. The van der Waals surface area contributed by atoms with Crippen molar-refractivity contribution in [3.8, 4) is 23.5 Å². The third-order valence-corrected chi connectivity index (χ3v) is 2.46. The third kappa shape index (κ3) is 3.85. The van der Waals surface area contributed by atoms with E-state index in [1.807, 2.05) is 36.4 Å². The van der Waals surface area contributed by atoms with Crippen LogP contribution in [0.2, 0.25) is 0 Å². The molecule has 0 spiro atoms. The van der Waals surface area contributed by atoms with Crippen molar-refractivity contribution < 1.29 is 9.47 Å². The first-order chi connectivity index (χ1) is 9.81. The van der Waals surface area contributed by atoms with Gasteiger partial charge in [-0.3, -0.25) is 0 Å². The van der Waals surface area contributed by atoms with Gasteiger partial charge in [0, 0.05) is 6.92 Å². The van der Waals surface area contributed by atoms with Crippen LogP contribution < -0.4 is 9.47 Å². The Morgan fingerprint density at radius 2 is 1.30 bits per heavy atom. The molecule has 2 aromatic carbocycles. The summed E-state index contributed by atoms with van der Waals surface area (Å²) in [4.78, 5) is 0. The summed E-state index contributed by atoms with van der Waals surface area (Å²) in [5.74, 6) is 4.14. The van der Waals surface area contributed by atoms with E-state index < -0.39 is 0 Å². The van der Waals surface area contributed by atoms with Gasteiger partial charge >= 0.3 is 0 Å². The molecule has 0 aromatic heterocycles. The molecule has 0 saturated heterocycles. The minimum absolute atomic E-state index is 0.683. The summed E-state index contributed by atoms with van der Waals surface area (Å²) < 4.78 is 10.2. The Hall–Kier alpha value is -2.80. The van der Waals surface area contributed by atoms with Gasteiger partial charge in [0.1, 0.15) is 17.6 Å². The summed E-state index contributed by atoms with van der Waals surface area (Å²) in [6, 6.07) is 14.6. The van der Waals surface area contributed by atoms with Crippen LogP contribution in [-0.2, 0) is 0 Å². The van der Waals surface area contributed by atoms with E-state index in [1.54, 1.807) is 26.2 Å². The molecule has 0 amide bonds. The minimum atomic E-state index is 0.683. The van der Waals surface area contributed by atoms with Crippen molar-refractivity contribution in [3.05, 3.63) is 48.5 Å². The Balaban J connectivity index is 2.04. The summed E-state index contributed by atoms with van der Waals surface area (Å²) in [6.07, 6.45) is 2.54. The van der Waals surface area contributed by atoms with Gasteiger partial charge < -0.3 is 9.47 Å². The first kappa shape index (κ1) is 13.6. The molecule has 2 rings (SSSR count). The van der Waals surface area contributed by atoms with E-state index in [0.717, 1.165) is 17.1 Å². The van der Waals surface area contributed by atoms with Gasteiger partial charge in [-0.05, 0) is 48.5 Å². The molecule has 0 N–H and O–H groups in total. The minimum Gasteiger partial charge on any atom is -0.497 e. The van der Waals surface area contributed by atoms with Crippen LogP contribution in [0.5, 0.6) is 11.5 Å². The fourth-order valence-corrected chi connectivity index (χ4v) is 1.46. The SMILES string of the molecule is CC#COc1ccc(N=Nc2ccc(OC)cc2)cc1. The van der Waals surface area contributed by atoms with E-state index in [0.29, 0.717) is 5.75 Å². The van der Waals surface area contributed by atoms with Crippen molar-refractivity contribution in [1.82, 2.24) is 0 Å². The molecule has 0 heterocycles. The second-order valence-corrected chi connectivity index (χ2v) is 3.85. The Morgan fingerprint density at radius 1 is 0.800 bits per heavy atom. The molecule has 0 aliphatic carbocycles. The number of ether oxygens (including phenoxy) is 2. The number of rotatable bonds is 4. The number of hydrogen-bond donors (Lipinski definition) is 0. The van der Waals surface area contributed by atoms with Crippen molar-refractivity contribution in [2.75, 3.05) is 7.11 Å². The first-order valence-electron chi connectivity index (χ1n) is 6.06. The lowest BCUT2D eigenvalue weighted by Crippen LogP contribution is -1.80. The van der Waals surface area contributed by atoms with Crippen LogP contribution in [0.4, 0.5) is 11.4 Å². The lowest BCUT2D eigenvalue weighted by Gasteiger charge is -1.99. The van der Waals surface area contributed by atoms with Crippen molar-refractivity contribution in [1.29, 1.82) is 0 Å². The van der Waals surface area contributed by atoms with E-state index >= 15 is 0 Å². The van der Waals surface area contributed by atoms with E-state index in [1.165, 1.54) is 0 Å². The molecular formula is C16H14N2O2. The van der Waals surface area contributed by atoms with Crippen molar-refractivity contribution in [2.24, 2.45) is 10.2 Å². The maximum atomic E-state index is 5.15. The molecule has 0 bridgehead atoms. The maximum Gasteiger partial charge on any atom is 0.140 e. The van der Waals surface area contributed by atoms with Crippen molar-refractivity contribution >= 4 is 11.4 Å². The molecule has 0 fully saturated rings. The number of hydrogen-bond acceptors (Lipinski definition) is 4. The zero-order chi connectivity index (χ0) is 14.2. The van der Waals surface area contributed by atoms with Gasteiger partial charge in [-0.1, -0.05) is 5.92 Å². The molecule has 0 aliphatic rings. The van der Waals surface area contributed by atoms with E-state index in [2.05, 4.69) is 22.3 Å². The molecule has 0 unspecified atom stereocenters. The highest BCUT2D eigenvalue weighted by atomic mass is 16.5. The average Bonchev–Trinajstić information content (AvgIpc) is 2.52. The predicted molar refractivity (Wildman–Crippen MR) is 77.7 cm³/mol. The van der Waals surface area contributed by atoms with Crippen LogP contribution in [0.1, 0.15) is 6.92 Å². The Bertz CT molecular complexity index is 635. The monoisotopic (exact) mass is 266 g/mol. The molecule has 0 atom stereocenters. The molecule has 4 nitrogen and oxygen atoms in total. The molecule has 0 radical (unpaired) electrons. The van der Waals surface area contributed by atoms with E-state index in [9.17, 15) is 0 Å². The summed E-state index contributed by atoms with van der Waals surface area (Å²) in [5, 5.41) is 8.29. The van der Waals surface area contributed by atoms with Crippen LogP contribution >= 0.6 is 0 Å². The molecule has 100 valence electrons. The number of benzene rings is 2. The predicted octanol–water partition coefficient (Wildman–Crippen LogP) is 4.47. The third-order valence-electron chi connectivity index (χ3n) is 2.46. The Labute approximate surface area is 118 Å². The molecule has 0 aliphatic heterocycles. The van der Waals surface area contributed by atoms with E-state index in [-0.39, 0.29) is 0 Å². The second kappa shape index (κ2) is 6.95. The maximum absolute atomic E-state index is 5.15. The van der Waals surface area contributed by atoms with Gasteiger partial charge in [-0.2, -0.15) is 10.2 Å². The fraction of sp³-hybridized carbons (Fsp3) is 0.125. The normalized spacial score (nSPS) is 9.90. The highest BCUT2D eigenvalue weighted by Crippen LogP contribution is 2.22. The highest BCUT2D eigenvalue weighted by molar-refractivity contribution is 5.44. The number of azo groups is 1. The van der Waals surface area contributed by atoms with E-state index in [4.69, 9.17) is 9.47 Å². The molecule has 0 saturated carbocycles. The fourth-order valence-electron chi connectivity index (χ4n) is 1.46. The van der Waals surface area contributed by atoms with Crippen LogP contribution in [0.3, 0.4) is 0 Å². The summed E-state index contributed by atoms with van der Waals surface area (Å²) in [5.41, 5.74) is 1.51. The zero-order valence-corrected chi connectivity index (χ0v) is 11.3. The van der Waals surface area contributed by atoms with Crippen molar-refractivity contribution in [3.63, 3.8) is 0 Å². The topological polar surface area (TPSA) is 43.2 Å². The Kier molecular flexibility index (Phi) is 4.74. The average molecular weight is 266 g/mol. The van der Waals surface area contributed by atoms with Crippen LogP contribution in [0.25, 0.3) is 0 Å². The smallest absolute Gasteiger partial charge is 0.140 e. The highest BCUT2D eigenvalue weighted by Gasteiger charge is 1.94. The van der Waals surface area contributed by atoms with Gasteiger partial charge in [0.25, 0.3) is 0 Å². The van der Waals surface area contributed by atoms with Crippen LogP contribution in [0, 0.1) is 12.0 Å². The second-order valence-electron chi connectivity index (χ2n) is 3.85. The molecule has 20 heavy (non-hydrogen) atoms. The van der Waals surface area contributed by atoms with Crippen molar-refractivity contribution in [2.45, 2.75) is 6.92 Å². The number of methoxy groups -OCH3 is 1. The van der Waals surface area contributed by atoms with Gasteiger partial charge in [-0.15, -0.1) is 0 Å². The van der Waals surface area contributed by atoms with Gasteiger partial charge in [0.05, 0.1) is 18.5 Å². The lowest BCUT2D eigenvalue weighted by atomic mass is 10.3. The first-order valence-corrected chi connectivity index (χ1v) is 6.06. The Morgan fingerprint density at radius 3 is 1.75 bits per heavy atom. The number of nitrogens with zero attached hydrogens (tertiary/aromatic N) is 2. The van der Waals surface area contributed by atoms with Crippen LogP contribution in [0.15, 0.2) is 58.8 Å². The summed E-state index contributed by atoms with van der Waals surface area (Å²) >= 11 is 0. The summed E-state index contributed by atoms with van der Waals surface area (Å²) in [7, 11) is 1.63. The van der Waals surface area contributed by atoms with Gasteiger partial charge in [0.2, 0.25) is 0 Å². The van der Waals surface area contributed by atoms with Gasteiger partial charge in [0.15, 0.2) is 0 Å². The zero-order valence-electron chi connectivity index (χ0n) is 11.3. The van der Waals surface area contributed by atoms with Crippen LogP contribution in [-0.4, -0.2) is 7.11 Å². The standard InChI is InChI=1S/C16H14N2O2/c1-3-12-20-16-10-6-14(7-11-16)18-17-13-4-8-15(19-2)9-5-13/h4-11H,1-2H3. The summed E-state index contributed by atoms with van der Waals surface area (Å²) in [6.45, 7) is 1.72. The quantitative estimate of drug-likeness (QED) is 0.605. The van der Waals surface area contributed by atoms with Gasteiger partial charge in [-0.25, -0.2) is 0 Å². The lowest BCUT2D eigenvalue weighted by molar-refractivity contribution is 0.415. The molecule has 2 aromatic rings. The molecular weight excluding hydrogens is 252 g/mol.